The summed E-state index contributed by atoms with van der Waals surface area (Å²) < 4.78 is 31.6. The van der Waals surface area contributed by atoms with Gasteiger partial charge in [-0.05, 0) is 0 Å². The number of hydrogen-bond acceptors (Lipinski definition) is 7. The topological polar surface area (TPSA) is 231 Å². The Morgan fingerprint density at radius 3 is 1.25 bits per heavy atom. The highest BCUT2D eigenvalue weighted by atomic mass is 32.3. The van der Waals surface area contributed by atoms with E-state index in [1.165, 1.54) is 0 Å². The van der Waals surface area contributed by atoms with Crippen LogP contribution in [-0.2, 0) is 20.0 Å². The maximum Gasteiger partial charge on any atom is 0.394 e. The van der Waals surface area contributed by atoms with Crippen molar-refractivity contribution in [3.8, 4) is 0 Å². The molecule has 0 radical (unpaired) electrons. The molecule has 0 amide bonds. The van der Waals surface area contributed by atoms with E-state index in [0.29, 0.717) is 0 Å². The van der Waals surface area contributed by atoms with Crippen LogP contribution in [-0.4, -0.2) is 52.8 Å². The number of carboxylic acids is 2. The van der Waals surface area contributed by atoms with E-state index < -0.39 is 22.3 Å². The maximum absolute atomic E-state index is 9.73. The van der Waals surface area contributed by atoms with Crippen LogP contribution in [0.5, 0.6) is 0 Å². The fourth-order valence-corrected chi connectivity index (χ4v) is 0.276. The molecule has 0 heterocycles. The predicted octanol–water partition coefficient (Wildman–Crippen LogP) is -1.58. The lowest BCUT2D eigenvalue weighted by molar-refractivity contribution is -0.137. The van der Waals surface area contributed by atoms with E-state index in [9.17, 15) is 9.59 Å². The first-order valence-electron chi connectivity index (χ1n) is 2.97. The summed E-state index contributed by atoms with van der Waals surface area (Å²) in [4.78, 5) is 19.5. The zero-order chi connectivity index (χ0) is 11.8. The molecule has 0 aliphatic carbocycles. The molecular formula is C4H15N3O8S. The van der Waals surface area contributed by atoms with Gasteiger partial charge in [0.15, 0.2) is 0 Å². The van der Waals surface area contributed by atoms with Crippen LogP contribution in [0.2, 0.25) is 0 Å². The number of aliphatic carboxylic acids is 2. The first kappa shape index (κ1) is 24.1. The van der Waals surface area contributed by atoms with Crippen LogP contribution in [0.15, 0.2) is 0 Å². The van der Waals surface area contributed by atoms with Crippen LogP contribution in [0.1, 0.15) is 0 Å². The van der Waals surface area contributed by atoms with Crippen molar-refractivity contribution in [2.24, 2.45) is 0 Å². The van der Waals surface area contributed by atoms with Crippen molar-refractivity contribution in [1.29, 1.82) is 0 Å². The normalized spacial score (nSPS) is 8.62. The van der Waals surface area contributed by atoms with E-state index in [4.69, 9.17) is 27.7 Å². The lowest BCUT2D eigenvalue weighted by Gasteiger charge is -1.93. The minimum Gasteiger partial charge on any atom is -0.480 e. The molecule has 0 aromatic rings. The minimum atomic E-state index is -4.67. The van der Waals surface area contributed by atoms with Gasteiger partial charge in [0.05, 0.1) is 13.1 Å². The Morgan fingerprint density at radius 1 is 0.938 bits per heavy atom. The summed E-state index contributed by atoms with van der Waals surface area (Å²) in [7, 11) is -4.67. The Morgan fingerprint density at radius 2 is 1.12 bits per heavy atom. The summed E-state index contributed by atoms with van der Waals surface area (Å²) in [6, 6.07) is 0. The molecule has 12 heteroatoms. The molecule has 100 valence electrons. The molecule has 0 rings (SSSR count). The molecule has 16 heavy (non-hydrogen) atoms. The molecule has 0 spiro atoms. The molecule has 0 saturated heterocycles. The smallest absolute Gasteiger partial charge is 0.394 e. The molecule has 11 N–H and O–H groups in total. The van der Waals surface area contributed by atoms with E-state index >= 15 is 0 Å². The molecule has 0 aromatic heterocycles. The Bertz CT molecular complexity index is 266. The van der Waals surface area contributed by atoms with Gasteiger partial charge in [0.25, 0.3) is 0 Å². The average molecular weight is 265 g/mol. The Balaban J connectivity index is -0.0000000904. The van der Waals surface area contributed by atoms with E-state index in [1.807, 2.05) is 0 Å². The summed E-state index contributed by atoms with van der Waals surface area (Å²) >= 11 is 0. The summed E-state index contributed by atoms with van der Waals surface area (Å²) in [6.07, 6.45) is 0. The SMILES string of the molecule is N.N.O=C(O)CNCC(=O)O.O=S(=O)(O)O. The van der Waals surface area contributed by atoms with Crippen molar-refractivity contribution in [2.45, 2.75) is 0 Å². The first-order valence-corrected chi connectivity index (χ1v) is 4.37. The Kier molecular flexibility index (Phi) is 17.7. The van der Waals surface area contributed by atoms with Crippen LogP contribution in [0.4, 0.5) is 0 Å². The average Bonchev–Trinajstić information content (AvgIpc) is 1.80. The van der Waals surface area contributed by atoms with Gasteiger partial charge < -0.3 is 22.5 Å². The molecule has 0 aliphatic rings. The standard InChI is InChI=1S/C4H7NO4.2H3N.H2O4S/c6-3(7)1-5-2-4(8)9;;;1-5(2,3)4/h5H,1-2H2,(H,6,7)(H,8,9);2*1H3;(H2,1,2,3,4). The van der Waals surface area contributed by atoms with Gasteiger partial charge in [-0.15, -0.1) is 0 Å². The van der Waals surface area contributed by atoms with Gasteiger partial charge in [-0.1, -0.05) is 0 Å². The highest BCUT2D eigenvalue weighted by Crippen LogP contribution is 1.61. The molecule has 0 saturated carbocycles. The van der Waals surface area contributed by atoms with Gasteiger partial charge in [0.1, 0.15) is 0 Å². The zero-order valence-electron chi connectivity index (χ0n) is 8.16. The summed E-state index contributed by atoms with van der Waals surface area (Å²) in [5, 5.41) is 18.1. The summed E-state index contributed by atoms with van der Waals surface area (Å²) in [6.45, 7) is -0.626. The molecule has 11 nitrogen and oxygen atoms in total. The van der Waals surface area contributed by atoms with Gasteiger partial charge >= 0.3 is 22.3 Å². The number of rotatable bonds is 4. The second-order valence-corrected chi connectivity index (χ2v) is 2.73. The maximum atomic E-state index is 9.73. The zero-order valence-corrected chi connectivity index (χ0v) is 8.98. The third-order valence-corrected chi connectivity index (χ3v) is 0.552. The third kappa shape index (κ3) is 78.8. The van der Waals surface area contributed by atoms with Crippen LogP contribution in [0, 0.1) is 0 Å². The molecule has 0 aromatic carbocycles. The van der Waals surface area contributed by atoms with Gasteiger partial charge in [0.2, 0.25) is 0 Å². The number of carbonyl (C=O) groups is 2. The fraction of sp³-hybridized carbons (Fsp3) is 0.500. The number of nitrogens with one attached hydrogen (secondary N) is 1. The molecule has 0 fully saturated rings. The second-order valence-electron chi connectivity index (χ2n) is 1.84. The summed E-state index contributed by atoms with van der Waals surface area (Å²) in [5.41, 5.74) is 0. The van der Waals surface area contributed by atoms with E-state index in [-0.39, 0.29) is 25.4 Å². The highest BCUT2D eigenvalue weighted by Gasteiger charge is 1.97. The van der Waals surface area contributed by atoms with Crippen molar-refractivity contribution < 1.29 is 37.3 Å². The van der Waals surface area contributed by atoms with Gasteiger partial charge in [-0.2, -0.15) is 8.42 Å². The Hall–Kier alpha value is -1.31. The van der Waals surface area contributed by atoms with Gasteiger partial charge in [-0.3, -0.25) is 24.0 Å². The molecule has 0 unspecified atom stereocenters. The van der Waals surface area contributed by atoms with Gasteiger partial charge in [-0.25, -0.2) is 0 Å². The first-order chi connectivity index (χ1) is 6.13. The largest absolute Gasteiger partial charge is 0.480 e. The quantitative estimate of drug-likeness (QED) is 0.286. The molecule has 0 aliphatic heterocycles. The predicted molar refractivity (Wildman–Crippen MR) is 52.4 cm³/mol. The number of hydrogen-bond donors (Lipinski definition) is 7. The highest BCUT2D eigenvalue weighted by molar-refractivity contribution is 7.79. The summed E-state index contributed by atoms with van der Waals surface area (Å²) in [5.74, 6) is -2.12. The van der Waals surface area contributed by atoms with Crippen molar-refractivity contribution in [2.75, 3.05) is 13.1 Å². The fourth-order valence-electron chi connectivity index (χ4n) is 0.276. The van der Waals surface area contributed by atoms with Crippen LogP contribution in [0.3, 0.4) is 0 Å². The van der Waals surface area contributed by atoms with Crippen molar-refractivity contribution in [1.82, 2.24) is 17.6 Å². The lowest BCUT2D eigenvalue weighted by atomic mass is 10.6. The molecule has 0 bridgehead atoms. The van der Waals surface area contributed by atoms with Crippen molar-refractivity contribution in [3.63, 3.8) is 0 Å². The second kappa shape index (κ2) is 11.8. The third-order valence-electron chi connectivity index (χ3n) is 0.552. The van der Waals surface area contributed by atoms with E-state index in [2.05, 4.69) is 5.32 Å². The molecule has 0 atom stereocenters. The van der Waals surface area contributed by atoms with Crippen molar-refractivity contribution in [3.05, 3.63) is 0 Å². The van der Waals surface area contributed by atoms with Gasteiger partial charge in [0, 0.05) is 0 Å². The minimum absolute atomic E-state index is 0. The van der Waals surface area contributed by atoms with Crippen molar-refractivity contribution >= 4 is 22.3 Å². The van der Waals surface area contributed by atoms with Crippen LogP contribution >= 0.6 is 0 Å². The van der Waals surface area contributed by atoms with Crippen LogP contribution in [0.25, 0.3) is 0 Å². The Labute approximate surface area is 91.2 Å². The molecular weight excluding hydrogens is 250 g/mol. The monoisotopic (exact) mass is 265 g/mol. The lowest BCUT2D eigenvalue weighted by Crippen LogP contribution is -2.27. The van der Waals surface area contributed by atoms with E-state index in [0.717, 1.165) is 0 Å². The number of carboxylic acid groups (broad SMARTS) is 2. The van der Waals surface area contributed by atoms with E-state index in [1.54, 1.807) is 0 Å². The van der Waals surface area contributed by atoms with Crippen LogP contribution < -0.4 is 17.6 Å².